The number of hydrogen-bond donors (Lipinski definition) is 1. The lowest BCUT2D eigenvalue weighted by atomic mass is 10.1. The SMILES string of the molecule is CCc1cc2nnc(C3=Nc4ccccc4C3)c(N)n2n1. The standard InChI is InChI=1S/C15H14N6/c1-2-10-8-13-18-19-14(15(16)21(13)20-10)12-7-9-5-3-4-6-11(9)17-12/h3-6,8H,2,7,16H2,1H3. The number of aromatic nitrogens is 4. The second kappa shape index (κ2) is 4.37. The van der Waals surface area contributed by atoms with Gasteiger partial charge in [-0.05, 0) is 18.1 Å². The summed E-state index contributed by atoms with van der Waals surface area (Å²) in [5, 5.41) is 12.9. The zero-order valence-corrected chi connectivity index (χ0v) is 11.6. The molecule has 21 heavy (non-hydrogen) atoms. The van der Waals surface area contributed by atoms with Crippen LogP contribution in [0.3, 0.4) is 0 Å². The molecular formula is C15H14N6. The highest BCUT2D eigenvalue weighted by molar-refractivity contribution is 6.07. The van der Waals surface area contributed by atoms with Crippen molar-refractivity contribution in [1.82, 2.24) is 19.8 Å². The monoisotopic (exact) mass is 278 g/mol. The van der Waals surface area contributed by atoms with Crippen molar-refractivity contribution in [2.24, 2.45) is 4.99 Å². The van der Waals surface area contributed by atoms with Gasteiger partial charge < -0.3 is 5.73 Å². The first kappa shape index (κ1) is 12.0. The van der Waals surface area contributed by atoms with E-state index in [9.17, 15) is 0 Å². The van der Waals surface area contributed by atoms with Crippen LogP contribution in [-0.4, -0.2) is 25.5 Å². The smallest absolute Gasteiger partial charge is 0.179 e. The Bertz CT molecular complexity index is 877. The molecule has 0 amide bonds. The summed E-state index contributed by atoms with van der Waals surface area (Å²) in [5.74, 6) is 0.492. The van der Waals surface area contributed by atoms with Crippen LogP contribution in [0.15, 0.2) is 35.3 Å². The van der Waals surface area contributed by atoms with Gasteiger partial charge in [0.25, 0.3) is 0 Å². The lowest BCUT2D eigenvalue weighted by Gasteiger charge is -2.04. The van der Waals surface area contributed by atoms with Gasteiger partial charge >= 0.3 is 0 Å². The third kappa shape index (κ3) is 1.79. The van der Waals surface area contributed by atoms with E-state index in [2.05, 4.69) is 26.4 Å². The Morgan fingerprint density at radius 2 is 2.10 bits per heavy atom. The van der Waals surface area contributed by atoms with E-state index in [0.717, 1.165) is 29.9 Å². The molecule has 2 N–H and O–H groups in total. The van der Waals surface area contributed by atoms with Gasteiger partial charge in [-0.1, -0.05) is 25.1 Å². The van der Waals surface area contributed by atoms with Crippen LogP contribution >= 0.6 is 0 Å². The second-order valence-electron chi connectivity index (χ2n) is 5.06. The Labute approximate surface area is 121 Å². The minimum Gasteiger partial charge on any atom is -0.382 e. The molecule has 6 nitrogen and oxygen atoms in total. The van der Waals surface area contributed by atoms with Gasteiger partial charge in [0.05, 0.1) is 17.1 Å². The van der Waals surface area contributed by atoms with E-state index in [4.69, 9.17) is 5.73 Å². The summed E-state index contributed by atoms with van der Waals surface area (Å²) in [7, 11) is 0. The summed E-state index contributed by atoms with van der Waals surface area (Å²) in [4.78, 5) is 4.61. The first-order chi connectivity index (χ1) is 10.3. The van der Waals surface area contributed by atoms with Crippen LogP contribution in [0.2, 0.25) is 0 Å². The summed E-state index contributed by atoms with van der Waals surface area (Å²) >= 11 is 0. The van der Waals surface area contributed by atoms with E-state index in [0.29, 0.717) is 17.2 Å². The average molecular weight is 278 g/mol. The number of para-hydroxylation sites is 1. The van der Waals surface area contributed by atoms with E-state index in [1.807, 2.05) is 31.2 Å². The number of nitrogens with zero attached hydrogens (tertiary/aromatic N) is 5. The number of aliphatic imine (C=N–C) groups is 1. The lowest BCUT2D eigenvalue weighted by molar-refractivity contribution is 0.864. The molecule has 0 atom stereocenters. The molecule has 4 rings (SSSR count). The molecule has 1 aliphatic rings. The third-order valence-corrected chi connectivity index (χ3v) is 3.70. The topological polar surface area (TPSA) is 81.5 Å². The third-order valence-electron chi connectivity index (χ3n) is 3.70. The summed E-state index contributed by atoms with van der Waals surface area (Å²) in [6.07, 6.45) is 1.56. The Kier molecular flexibility index (Phi) is 2.50. The molecular weight excluding hydrogens is 264 g/mol. The molecule has 0 aliphatic carbocycles. The summed E-state index contributed by atoms with van der Waals surface area (Å²) in [5.41, 5.74) is 11.5. The van der Waals surface area contributed by atoms with Crippen molar-refractivity contribution in [2.75, 3.05) is 5.73 Å². The Hall–Kier alpha value is -2.76. The highest BCUT2D eigenvalue weighted by Crippen LogP contribution is 2.29. The van der Waals surface area contributed by atoms with Gasteiger partial charge in [-0.25, -0.2) is 0 Å². The van der Waals surface area contributed by atoms with E-state index < -0.39 is 0 Å². The van der Waals surface area contributed by atoms with Crippen molar-refractivity contribution in [2.45, 2.75) is 19.8 Å². The quantitative estimate of drug-likeness (QED) is 0.776. The molecule has 3 aromatic rings. The predicted octanol–water partition coefficient (Wildman–Crippen LogP) is 1.95. The molecule has 1 aliphatic heterocycles. The summed E-state index contributed by atoms with van der Waals surface area (Å²) < 4.78 is 1.65. The zero-order chi connectivity index (χ0) is 14.4. The summed E-state index contributed by atoms with van der Waals surface area (Å²) in [6, 6.07) is 9.95. The van der Waals surface area contributed by atoms with Gasteiger partial charge in [-0.15, -0.1) is 10.2 Å². The predicted molar refractivity (Wildman–Crippen MR) is 80.9 cm³/mol. The van der Waals surface area contributed by atoms with Gasteiger partial charge in [0.2, 0.25) is 0 Å². The van der Waals surface area contributed by atoms with Crippen LogP contribution in [0, 0.1) is 0 Å². The van der Waals surface area contributed by atoms with Gasteiger partial charge in [-0.2, -0.15) is 9.61 Å². The molecule has 0 saturated heterocycles. The van der Waals surface area contributed by atoms with E-state index >= 15 is 0 Å². The fourth-order valence-electron chi connectivity index (χ4n) is 2.57. The van der Waals surface area contributed by atoms with Gasteiger partial charge in [0.15, 0.2) is 11.5 Å². The van der Waals surface area contributed by atoms with Crippen LogP contribution in [0.4, 0.5) is 11.5 Å². The minimum absolute atomic E-state index is 0.492. The number of nitrogens with two attached hydrogens (primary N) is 1. The highest BCUT2D eigenvalue weighted by atomic mass is 15.3. The van der Waals surface area contributed by atoms with E-state index in [1.165, 1.54) is 5.56 Å². The lowest BCUT2D eigenvalue weighted by Crippen LogP contribution is -2.13. The molecule has 3 heterocycles. The number of anilines is 1. The number of aryl methyl sites for hydroxylation is 1. The summed E-state index contributed by atoms with van der Waals surface area (Å²) in [6.45, 7) is 2.05. The number of rotatable bonds is 2. The molecule has 104 valence electrons. The molecule has 0 saturated carbocycles. The highest BCUT2D eigenvalue weighted by Gasteiger charge is 2.21. The molecule has 2 aromatic heterocycles. The Balaban J connectivity index is 1.84. The molecule has 0 fully saturated rings. The van der Waals surface area contributed by atoms with Crippen LogP contribution < -0.4 is 5.73 Å². The van der Waals surface area contributed by atoms with Crippen molar-refractivity contribution in [3.05, 3.63) is 47.3 Å². The fourth-order valence-corrected chi connectivity index (χ4v) is 2.57. The molecule has 0 unspecified atom stereocenters. The van der Waals surface area contributed by atoms with Crippen LogP contribution in [0.1, 0.15) is 23.9 Å². The van der Waals surface area contributed by atoms with E-state index in [1.54, 1.807) is 4.52 Å². The first-order valence-electron chi connectivity index (χ1n) is 6.93. The first-order valence-corrected chi connectivity index (χ1v) is 6.93. The maximum Gasteiger partial charge on any atom is 0.179 e. The van der Waals surface area contributed by atoms with Crippen molar-refractivity contribution in [1.29, 1.82) is 0 Å². The second-order valence-corrected chi connectivity index (χ2v) is 5.06. The van der Waals surface area contributed by atoms with Crippen molar-refractivity contribution in [3.63, 3.8) is 0 Å². The molecule has 6 heteroatoms. The number of hydrogen-bond acceptors (Lipinski definition) is 5. The molecule has 0 bridgehead atoms. The normalized spacial score (nSPS) is 13.5. The number of benzene rings is 1. The van der Waals surface area contributed by atoms with Gasteiger partial charge in [-0.3, -0.25) is 4.99 Å². The van der Waals surface area contributed by atoms with Gasteiger partial charge in [0.1, 0.15) is 5.69 Å². The zero-order valence-electron chi connectivity index (χ0n) is 11.6. The van der Waals surface area contributed by atoms with Crippen molar-refractivity contribution in [3.8, 4) is 0 Å². The van der Waals surface area contributed by atoms with Crippen molar-refractivity contribution < 1.29 is 0 Å². The Morgan fingerprint density at radius 1 is 1.24 bits per heavy atom. The average Bonchev–Trinajstić information content (AvgIpc) is 3.11. The minimum atomic E-state index is 0.492. The fraction of sp³-hybridized carbons (Fsp3) is 0.200. The molecule has 0 spiro atoms. The number of fused-ring (bicyclic) bond motifs is 2. The molecule has 1 aromatic carbocycles. The van der Waals surface area contributed by atoms with Crippen LogP contribution in [0.5, 0.6) is 0 Å². The van der Waals surface area contributed by atoms with Gasteiger partial charge in [0, 0.05) is 12.5 Å². The maximum absolute atomic E-state index is 6.22. The van der Waals surface area contributed by atoms with E-state index in [-0.39, 0.29) is 0 Å². The van der Waals surface area contributed by atoms with Crippen molar-refractivity contribution >= 4 is 22.9 Å². The maximum atomic E-state index is 6.22. The number of nitrogen functional groups attached to an aromatic ring is 1. The molecule has 0 radical (unpaired) electrons. The Morgan fingerprint density at radius 3 is 2.90 bits per heavy atom. The van der Waals surface area contributed by atoms with Crippen LogP contribution in [-0.2, 0) is 12.8 Å². The van der Waals surface area contributed by atoms with Crippen LogP contribution in [0.25, 0.3) is 5.65 Å². The largest absolute Gasteiger partial charge is 0.382 e.